The standard InChI is InChI=1S/C30H34N4O2/c1-29-13-11-21(36-28(35)33-16-15-31-18-33)17-20(29)7-8-22-23-9-10-27(30(23,2)14-12-24(22)29)34-19-32-25-5-3-4-6-26(25)34/h3-7,10,15-16,18-19,21-24H,8-9,11-14,17H2,1-2H3/t21-,22-,23-,24-,29-,30-/m0/s1. The van der Waals surface area contributed by atoms with Crippen LogP contribution in [0.5, 0.6) is 0 Å². The molecule has 2 aromatic heterocycles. The number of ether oxygens (including phenoxy) is 1. The molecule has 0 unspecified atom stereocenters. The summed E-state index contributed by atoms with van der Waals surface area (Å²) in [5.41, 5.74) is 5.66. The summed E-state index contributed by atoms with van der Waals surface area (Å²) in [7, 11) is 0. The maximum Gasteiger partial charge on any atom is 0.419 e. The number of aromatic nitrogens is 4. The molecule has 4 aliphatic carbocycles. The van der Waals surface area contributed by atoms with Crippen LogP contribution in [0.25, 0.3) is 16.7 Å². The summed E-state index contributed by atoms with van der Waals surface area (Å²) in [6, 6.07) is 8.48. The van der Waals surface area contributed by atoms with Gasteiger partial charge < -0.3 is 9.30 Å². The van der Waals surface area contributed by atoms with Gasteiger partial charge in [-0.25, -0.2) is 19.3 Å². The van der Waals surface area contributed by atoms with E-state index >= 15 is 0 Å². The molecule has 2 saturated carbocycles. The number of para-hydroxylation sites is 2. The number of hydrogen-bond donors (Lipinski definition) is 0. The van der Waals surface area contributed by atoms with E-state index in [0.29, 0.717) is 17.8 Å². The number of fused-ring (bicyclic) bond motifs is 6. The summed E-state index contributed by atoms with van der Waals surface area (Å²) in [5.74, 6) is 2.07. The van der Waals surface area contributed by atoms with Crippen molar-refractivity contribution in [2.75, 3.05) is 0 Å². The first-order valence-electron chi connectivity index (χ1n) is 13.5. The second-order valence-electron chi connectivity index (χ2n) is 11.9. The zero-order valence-electron chi connectivity index (χ0n) is 21.1. The highest BCUT2D eigenvalue weighted by atomic mass is 16.6. The van der Waals surface area contributed by atoms with E-state index in [1.807, 2.05) is 6.33 Å². The first-order valence-corrected chi connectivity index (χ1v) is 13.5. The number of hydrogen-bond acceptors (Lipinski definition) is 4. The number of nitrogens with zero attached hydrogens (tertiary/aromatic N) is 4. The lowest BCUT2D eigenvalue weighted by Crippen LogP contribution is -2.50. The largest absolute Gasteiger partial charge is 0.445 e. The second kappa shape index (κ2) is 7.92. The molecule has 36 heavy (non-hydrogen) atoms. The molecule has 2 heterocycles. The Morgan fingerprint density at radius 3 is 2.75 bits per heavy atom. The van der Waals surface area contributed by atoms with Crippen LogP contribution in [0.1, 0.15) is 58.8 Å². The highest BCUT2D eigenvalue weighted by molar-refractivity contribution is 5.80. The summed E-state index contributed by atoms with van der Waals surface area (Å²) < 4.78 is 9.66. The van der Waals surface area contributed by atoms with Crippen molar-refractivity contribution in [1.82, 2.24) is 19.1 Å². The van der Waals surface area contributed by atoms with Crippen molar-refractivity contribution in [1.29, 1.82) is 0 Å². The van der Waals surface area contributed by atoms with Gasteiger partial charge in [0.2, 0.25) is 0 Å². The Bertz CT molecular complexity index is 1380. The Balaban J connectivity index is 1.13. The number of imidazole rings is 2. The summed E-state index contributed by atoms with van der Waals surface area (Å²) in [4.78, 5) is 21.1. The molecule has 186 valence electrons. The highest BCUT2D eigenvalue weighted by Gasteiger charge is 2.57. The average molecular weight is 483 g/mol. The van der Waals surface area contributed by atoms with Gasteiger partial charge in [-0.1, -0.05) is 43.7 Å². The van der Waals surface area contributed by atoms with Crippen LogP contribution >= 0.6 is 0 Å². The minimum atomic E-state index is -0.319. The first-order chi connectivity index (χ1) is 17.5. The SMILES string of the molecule is C[C@]12CC[C@H](OC(=O)n3ccnc3)CC1=CC[C@@H]1[C@@H]2CC[C@]2(C)C(n3cnc4ccccc43)=CC[C@@H]12. The van der Waals surface area contributed by atoms with Gasteiger partial charge >= 0.3 is 6.09 Å². The van der Waals surface area contributed by atoms with Gasteiger partial charge in [0, 0.05) is 29.9 Å². The van der Waals surface area contributed by atoms with E-state index in [1.54, 1.807) is 12.4 Å². The quantitative estimate of drug-likeness (QED) is 0.381. The number of rotatable bonds is 2. The number of carbonyl (C=O) groups excluding carboxylic acids is 1. The summed E-state index contributed by atoms with van der Waals surface area (Å²) >= 11 is 0. The molecule has 0 saturated heterocycles. The van der Waals surface area contributed by atoms with Gasteiger partial charge in [-0.05, 0) is 73.8 Å². The van der Waals surface area contributed by atoms with E-state index in [1.165, 1.54) is 40.5 Å². The van der Waals surface area contributed by atoms with Gasteiger partial charge in [0.05, 0.1) is 11.0 Å². The molecule has 6 atom stereocenters. The van der Waals surface area contributed by atoms with Crippen LogP contribution in [0, 0.1) is 28.6 Å². The molecule has 0 amide bonds. The molecule has 4 aliphatic rings. The van der Waals surface area contributed by atoms with Gasteiger partial charge in [-0.15, -0.1) is 0 Å². The third kappa shape index (κ3) is 3.12. The molecule has 0 spiro atoms. The second-order valence-corrected chi connectivity index (χ2v) is 11.9. The van der Waals surface area contributed by atoms with Gasteiger partial charge in [0.25, 0.3) is 0 Å². The van der Waals surface area contributed by atoms with Crippen molar-refractivity contribution in [3.8, 4) is 0 Å². The van der Waals surface area contributed by atoms with E-state index in [0.717, 1.165) is 37.6 Å². The molecule has 3 aromatic rings. The average Bonchev–Trinajstić information content (AvgIpc) is 3.62. The summed E-state index contributed by atoms with van der Waals surface area (Å²) in [6.07, 6.45) is 19.1. The summed E-state index contributed by atoms with van der Waals surface area (Å²) in [5, 5.41) is 0. The van der Waals surface area contributed by atoms with Crippen molar-refractivity contribution < 1.29 is 9.53 Å². The smallest absolute Gasteiger partial charge is 0.419 e. The minimum Gasteiger partial charge on any atom is -0.445 e. The fourth-order valence-electron chi connectivity index (χ4n) is 8.37. The molecule has 0 radical (unpaired) electrons. The van der Waals surface area contributed by atoms with Gasteiger partial charge in [-0.2, -0.15) is 0 Å². The van der Waals surface area contributed by atoms with Crippen molar-refractivity contribution >= 4 is 22.8 Å². The maximum atomic E-state index is 12.5. The third-order valence-electron chi connectivity index (χ3n) is 10.3. The van der Waals surface area contributed by atoms with Crippen molar-refractivity contribution in [2.45, 2.75) is 64.9 Å². The molecule has 0 aliphatic heterocycles. The van der Waals surface area contributed by atoms with Gasteiger partial charge in [-0.3, -0.25) is 0 Å². The number of allylic oxidation sites excluding steroid dienone is 3. The Labute approximate surface area is 212 Å². The zero-order chi connectivity index (χ0) is 24.5. The van der Waals surface area contributed by atoms with Gasteiger partial charge in [0.1, 0.15) is 18.8 Å². The topological polar surface area (TPSA) is 61.9 Å². The van der Waals surface area contributed by atoms with Crippen LogP contribution in [-0.2, 0) is 4.74 Å². The highest BCUT2D eigenvalue weighted by Crippen LogP contribution is 2.65. The van der Waals surface area contributed by atoms with E-state index in [-0.39, 0.29) is 23.0 Å². The fraction of sp³-hybridized carbons (Fsp3) is 0.500. The van der Waals surface area contributed by atoms with E-state index < -0.39 is 0 Å². The van der Waals surface area contributed by atoms with Crippen LogP contribution in [-0.4, -0.2) is 31.3 Å². The van der Waals surface area contributed by atoms with Crippen LogP contribution in [0.2, 0.25) is 0 Å². The Morgan fingerprint density at radius 1 is 1.03 bits per heavy atom. The van der Waals surface area contributed by atoms with Crippen LogP contribution in [0.3, 0.4) is 0 Å². The van der Waals surface area contributed by atoms with E-state index in [2.05, 4.69) is 59.8 Å². The molecule has 2 fully saturated rings. The van der Waals surface area contributed by atoms with Crippen LogP contribution < -0.4 is 0 Å². The molecule has 7 rings (SSSR count). The lowest BCUT2D eigenvalue weighted by Gasteiger charge is -2.57. The Kier molecular flexibility index (Phi) is 4.86. The maximum absolute atomic E-state index is 12.5. The van der Waals surface area contributed by atoms with Crippen molar-refractivity contribution in [3.63, 3.8) is 0 Å². The first kappa shape index (κ1) is 22.1. The van der Waals surface area contributed by atoms with Crippen LogP contribution in [0.15, 0.2) is 67.0 Å². The van der Waals surface area contributed by atoms with E-state index in [4.69, 9.17) is 9.72 Å². The van der Waals surface area contributed by atoms with E-state index in [9.17, 15) is 4.79 Å². The molecular weight excluding hydrogens is 448 g/mol. The molecule has 1 aromatic carbocycles. The monoisotopic (exact) mass is 482 g/mol. The van der Waals surface area contributed by atoms with Gasteiger partial charge in [0.15, 0.2) is 0 Å². The molecule has 0 bridgehead atoms. The molecule has 0 N–H and O–H groups in total. The normalized spacial score (nSPS) is 35.4. The summed E-state index contributed by atoms with van der Waals surface area (Å²) in [6.45, 7) is 5.01. The zero-order valence-corrected chi connectivity index (χ0v) is 21.1. The Morgan fingerprint density at radius 2 is 1.89 bits per heavy atom. The number of benzene rings is 1. The van der Waals surface area contributed by atoms with Crippen LogP contribution in [0.4, 0.5) is 4.79 Å². The molecule has 6 heteroatoms. The van der Waals surface area contributed by atoms with Crippen molar-refractivity contribution in [2.24, 2.45) is 28.6 Å². The van der Waals surface area contributed by atoms with Crippen molar-refractivity contribution in [3.05, 3.63) is 67.0 Å². The third-order valence-corrected chi connectivity index (χ3v) is 10.3. The predicted octanol–water partition coefficient (Wildman–Crippen LogP) is 6.70. The molecule has 6 nitrogen and oxygen atoms in total. The molecular formula is C30H34N4O2. The predicted molar refractivity (Wildman–Crippen MR) is 139 cm³/mol. The Hall–Kier alpha value is -3.15. The lowest BCUT2D eigenvalue weighted by atomic mass is 9.48. The number of carbonyl (C=O) groups is 1. The lowest BCUT2D eigenvalue weighted by molar-refractivity contribution is -0.0271. The fourth-order valence-corrected chi connectivity index (χ4v) is 8.37. The minimum absolute atomic E-state index is 0.0427.